The lowest BCUT2D eigenvalue weighted by Crippen LogP contribution is -2.13. The zero-order valence-electron chi connectivity index (χ0n) is 11.2. The van der Waals surface area contributed by atoms with E-state index in [1.54, 1.807) is 13.8 Å². The molecule has 0 saturated heterocycles. The minimum Gasteiger partial charge on any atom is -0.466 e. The van der Waals surface area contributed by atoms with Crippen LogP contribution in [0.25, 0.3) is 0 Å². The van der Waals surface area contributed by atoms with E-state index in [4.69, 9.17) is 15.2 Å². The molecule has 9 nitrogen and oxygen atoms in total. The Bertz CT molecular complexity index is 497. The fraction of sp³-hybridized carbons (Fsp3) is 0.455. The molecule has 3 N–H and O–H groups in total. The number of aromatic nitrogens is 2. The second-order valence-corrected chi connectivity index (χ2v) is 3.53. The van der Waals surface area contributed by atoms with E-state index in [2.05, 4.69) is 20.3 Å². The highest BCUT2D eigenvalue weighted by atomic mass is 16.6. The number of nitrogen functional groups attached to an aromatic ring is 1. The van der Waals surface area contributed by atoms with Crippen molar-refractivity contribution in [2.75, 3.05) is 24.3 Å². The molecule has 9 heteroatoms. The van der Waals surface area contributed by atoms with Gasteiger partial charge in [-0.2, -0.15) is 0 Å². The maximum Gasteiger partial charge on any atom is 0.332 e. The lowest BCUT2D eigenvalue weighted by molar-refractivity contribution is -0.142. The molecule has 0 fully saturated rings. The molecule has 1 heterocycles. The van der Waals surface area contributed by atoms with Crippen LogP contribution in [0.2, 0.25) is 0 Å². The highest BCUT2D eigenvalue weighted by Crippen LogP contribution is 2.15. The highest BCUT2D eigenvalue weighted by molar-refractivity contribution is 5.85. The van der Waals surface area contributed by atoms with Crippen molar-refractivity contribution in [1.82, 2.24) is 10.3 Å². The third kappa shape index (κ3) is 4.96. The smallest absolute Gasteiger partial charge is 0.332 e. The maximum absolute atomic E-state index is 11.5. The molecule has 0 aliphatic carbocycles. The molecule has 0 amide bonds. The van der Waals surface area contributed by atoms with E-state index in [1.165, 1.54) is 0 Å². The van der Waals surface area contributed by atoms with Gasteiger partial charge in [-0.1, -0.05) is 0 Å². The first kappa shape index (κ1) is 15.5. The number of nitrogens with zero attached hydrogens (tertiary/aromatic N) is 2. The number of carbonyl (C=O) groups is 2. The van der Waals surface area contributed by atoms with E-state index >= 15 is 0 Å². The Morgan fingerprint density at radius 1 is 1.30 bits per heavy atom. The largest absolute Gasteiger partial charge is 0.466 e. The molecular formula is C11H16N4O5. The lowest BCUT2D eigenvalue weighted by atomic mass is 10.3. The SMILES string of the molecule is CCOC(=O)/C=C(\CC(=O)OCC)Nc1nonc1N. The molecule has 110 valence electrons. The van der Waals surface area contributed by atoms with Crippen LogP contribution in [-0.4, -0.2) is 35.5 Å². The molecule has 0 radical (unpaired) electrons. The van der Waals surface area contributed by atoms with Crippen molar-refractivity contribution >= 4 is 23.6 Å². The number of ether oxygens (including phenoxy) is 2. The third-order valence-electron chi connectivity index (χ3n) is 2.01. The van der Waals surface area contributed by atoms with Crippen LogP contribution in [0.15, 0.2) is 16.4 Å². The molecule has 0 aliphatic heterocycles. The van der Waals surface area contributed by atoms with E-state index in [1.807, 2.05) is 0 Å². The zero-order valence-corrected chi connectivity index (χ0v) is 11.2. The second-order valence-electron chi connectivity index (χ2n) is 3.53. The third-order valence-corrected chi connectivity index (χ3v) is 2.01. The molecule has 0 saturated carbocycles. The molecule has 1 aromatic rings. The minimum absolute atomic E-state index is 0.00335. The Morgan fingerprint density at radius 2 is 2.00 bits per heavy atom. The average molecular weight is 284 g/mol. The van der Waals surface area contributed by atoms with Gasteiger partial charge in [0.25, 0.3) is 0 Å². The van der Waals surface area contributed by atoms with Gasteiger partial charge in [0, 0.05) is 11.8 Å². The van der Waals surface area contributed by atoms with Crippen molar-refractivity contribution in [3.63, 3.8) is 0 Å². The van der Waals surface area contributed by atoms with E-state index in [-0.39, 0.29) is 37.0 Å². The molecule has 0 bridgehead atoms. The van der Waals surface area contributed by atoms with Crippen LogP contribution in [0.1, 0.15) is 20.3 Å². The summed E-state index contributed by atoms with van der Waals surface area (Å²) in [5, 5.41) is 9.54. The van der Waals surface area contributed by atoms with Gasteiger partial charge >= 0.3 is 11.9 Å². The molecule has 0 atom stereocenters. The summed E-state index contributed by atoms with van der Waals surface area (Å²) < 4.78 is 14.0. The Labute approximate surface area is 115 Å². The van der Waals surface area contributed by atoms with Crippen LogP contribution in [0.5, 0.6) is 0 Å². The van der Waals surface area contributed by atoms with E-state index < -0.39 is 11.9 Å². The molecule has 1 rings (SSSR count). The maximum atomic E-state index is 11.5. The number of nitrogens with two attached hydrogens (primary N) is 1. The normalized spacial score (nSPS) is 11.0. The Balaban J connectivity index is 2.81. The molecule has 20 heavy (non-hydrogen) atoms. The van der Waals surface area contributed by atoms with Crippen LogP contribution in [0.4, 0.5) is 11.6 Å². The van der Waals surface area contributed by atoms with Gasteiger partial charge in [0.1, 0.15) is 0 Å². The van der Waals surface area contributed by atoms with Crippen molar-refractivity contribution in [1.29, 1.82) is 0 Å². The molecule has 0 spiro atoms. The van der Waals surface area contributed by atoms with Crippen LogP contribution in [-0.2, 0) is 19.1 Å². The Morgan fingerprint density at radius 3 is 2.55 bits per heavy atom. The monoisotopic (exact) mass is 284 g/mol. The zero-order chi connectivity index (χ0) is 15.0. The van der Waals surface area contributed by atoms with Gasteiger partial charge < -0.3 is 20.5 Å². The highest BCUT2D eigenvalue weighted by Gasteiger charge is 2.13. The summed E-state index contributed by atoms with van der Waals surface area (Å²) in [6, 6.07) is 0. The van der Waals surface area contributed by atoms with Crippen molar-refractivity contribution in [2.45, 2.75) is 20.3 Å². The summed E-state index contributed by atoms with van der Waals surface area (Å²) in [7, 11) is 0. The lowest BCUT2D eigenvalue weighted by Gasteiger charge is -2.08. The molecular weight excluding hydrogens is 268 g/mol. The van der Waals surface area contributed by atoms with Gasteiger partial charge in [-0.05, 0) is 24.2 Å². The van der Waals surface area contributed by atoms with Crippen molar-refractivity contribution in [3.05, 3.63) is 11.8 Å². The van der Waals surface area contributed by atoms with Gasteiger partial charge in [-0.25, -0.2) is 9.42 Å². The van der Waals surface area contributed by atoms with Crippen LogP contribution in [0, 0.1) is 0 Å². The standard InChI is InChI=1S/C11H16N4O5/c1-3-18-8(16)5-7(6-9(17)19-4-2)13-11-10(12)14-20-15-11/h5H,3-4,6H2,1-2H3,(H2,12,14)(H,13,15)/b7-5+. The number of carbonyl (C=O) groups excluding carboxylic acids is 2. The van der Waals surface area contributed by atoms with Gasteiger partial charge in [-0.15, -0.1) is 0 Å². The first-order valence-corrected chi connectivity index (χ1v) is 5.94. The molecule has 0 unspecified atom stereocenters. The number of esters is 2. The first-order valence-electron chi connectivity index (χ1n) is 5.94. The predicted octanol–water partition coefficient (Wildman–Crippen LogP) is 0.464. The van der Waals surface area contributed by atoms with Crippen LogP contribution in [0.3, 0.4) is 0 Å². The van der Waals surface area contributed by atoms with Crippen LogP contribution >= 0.6 is 0 Å². The van der Waals surface area contributed by atoms with Crippen molar-refractivity contribution in [3.8, 4) is 0 Å². The Hall–Kier alpha value is -2.58. The van der Waals surface area contributed by atoms with Crippen molar-refractivity contribution in [2.24, 2.45) is 0 Å². The van der Waals surface area contributed by atoms with E-state index in [0.29, 0.717) is 0 Å². The van der Waals surface area contributed by atoms with Gasteiger partial charge in [0.05, 0.1) is 19.6 Å². The van der Waals surface area contributed by atoms with E-state index in [9.17, 15) is 9.59 Å². The van der Waals surface area contributed by atoms with E-state index in [0.717, 1.165) is 6.08 Å². The summed E-state index contributed by atoms with van der Waals surface area (Å²) in [5.74, 6) is -1.01. The second kappa shape index (κ2) is 7.77. The number of hydrogen-bond acceptors (Lipinski definition) is 9. The topological polar surface area (TPSA) is 130 Å². The van der Waals surface area contributed by atoms with Crippen LogP contribution < -0.4 is 11.1 Å². The predicted molar refractivity (Wildman–Crippen MR) is 68.3 cm³/mol. The fourth-order valence-corrected chi connectivity index (χ4v) is 1.26. The summed E-state index contributed by atoms with van der Waals surface area (Å²) in [4.78, 5) is 22.9. The minimum atomic E-state index is -0.602. The fourth-order valence-electron chi connectivity index (χ4n) is 1.26. The number of anilines is 2. The Kier molecular flexibility index (Phi) is 6.01. The first-order chi connectivity index (χ1) is 9.56. The average Bonchev–Trinajstić information content (AvgIpc) is 2.75. The number of hydrogen-bond donors (Lipinski definition) is 2. The van der Waals surface area contributed by atoms with Gasteiger partial charge in [-0.3, -0.25) is 4.79 Å². The quantitative estimate of drug-likeness (QED) is 0.541. The summed E-state index contributed by atoms with van der Waals surface area (Å²) in [6.07, 6.45) is 0.952. The molecule has 1 aromatic heterocycles. The summed E-state index contributed by atoms with van der Waals surface area (Å²) in [5.41, 5.74) is 5.69. The summed E-state index contributed by atoms with van der Waals surface area (Å²) in [6.45, 7) is 3.80. The number of rotatable bonds is 7. The molecule has 0 aromatic carbocycles. The van der Waals surface area contributed by atoms with Gasteiger partial charge in [0.15, 0.2) is 0 Å². The van der Waals surface area contributed by atoms with Gasteiger partial charge in [0.2, 0.25) is 11.6 Å². The number of nitrogens with one attached hydrogen (secondary N) is 1. The van der Waals surface area contributed by atoms with Crippen molar-refractivity contribution < 1.29 is 23.7 Å². The summed E-state index contributed by atoms with van der Waals surface area (Å²) >= 11 is 0. The molecule has 0 aliphatic rings.